The molecule has 0 aromatic rings. The van der Waals surface area contributed by atoms with Crippen LogP contribution in [0.5, 0.6) is 0 Å². The topological polar surface area (TPSA) is 59.0 Å². The quantitative estimate of drug-likeness (QED) is 0.688. The Balaban J connectivity index is 2.22. The average molecular weight is 217 g/mol. The fourth-order valence-electron chi connectivity index (χ4n) is 1.60. The van der Waals surface area contributed by atoms with Crippen molar-refractivity contribution in [3.05, 3.63) is 0 Å². The molecule has 1 unspecified atom stereocenters. The van der Waals surface area contributed by atoms with Crippen molar-refractivity contribution < 1.29 is 19.4 Å². The van der Waals surface area contributed by atoms with E-state index in [1.807, 2.05) is 6.92 Å². The summed E-state index contributed by atoms with van der Waals surface area (Å²) in [6, 6.07) is 0. The zero-order valence-electron chi connectivity index (χ0n) is 9.15. The van der Waals surface area contributed by atoms with Gasteiger partial charge in [-0.25, -0.2) is 4.79 Å². The van der Waals surface area contributed by atoms with Crippen LogP contribution in [0.25, 0.3) is 0 Å². The molecule has 5 heteroatoms. The number of carboxylic acid groups (broad SMARTS) is 1. The molecule has 0 saturated carbocycles. The lowest BCUT2D eigenvalue weighted by atomic mass is 10.2. The van der Waals surface area contributed by atoms with Crippen LogP contribution in [0.15, 0.2) is 0 Å². The molecule has 1 heterocycles. The Morgan fingerprint density at radius 3 is 2.73 bits per heavy atom. The first-order chi connectivity index (χ1) is 7.24. The van der Waals surface area contributed by atoms with Gasteiger partial charge in [-0.2, -0.15) is 0 Å². The van der Waals surface area contributed by atoms with Crippen LogP contribution in [0.1, 0.15) is 13.3 Å². The summed E-state index contributed by atoms with van der Waals surface area (Å²) < 4.78 is 10.3. The molecule has 0 amide bonds. The van der Waals surface area contributed by atoms with E-state index in [1.54, 1.807) is 0 Å². The minimum Gasteiger partial charge on any atom is -0.479 e. The van der Waals surface area contributed by atoms with Crippen molar-refractivity contribution >= 4 is 5.97 Å². The van der Waals surface area contributed by atoms with Crippen LogP contribution < -0.4 is 0 Å². The van der Waals surface area contributed by atoms with E-state index in [9.17, 15) is 4.79 Å². The van der Waals surface area contributed by atoms with Gasteiger partial charge in [0.1, 0.15) is 0 Å². The molecule has 0 aromatic carbocycles. The molecule has 0 aliphatic carbocycles. The second-order valence-corrected chi connectivity index (χ2v) is 3.52. The molecule has 1 aliphatic heterocycles. The Hall–Kier alpha value is -0.650. The maximum absolute atomic E-state index is 10.8. The maximum atomic E-state index is 10.8. The van der Waals surface area contributed by atoms with Crippen LogP contribution in [0, 0.1) is 0 Å². The third-order valence-corrected chi connectivity index (χ3v) is 2.45. The second kappa shape index (κ2) is 6.76. The van der Waals surface area contributed by atoms with Crippen molar-refractivity contribution in [2.75, 3.05) is 39.5 Å². The van der Waals surface area contributed by atoms with Crippen LogP contribution in [-0.4, -0.2) is 61.5 Å². The van der Waals surface area contributed by atoms with Gasteiger partial charge >= 0.3 is 5.97 Å². The van der Waals surface area contributed by atoms with Crippen molar-refractivity contribution in [2.24, 2.45) is 0 Å². The van der Waals surface area contributed by atoms with E-state index in [4.69, 9.17) is 14.6 Å². The molecule has 88 valence electrons. The number of carbonyl (C=O) groups is 1. The average Bonchev–Trinajstić information content (AvgIpc) is 2.25. The van der Waals surface area contributed by atoms with Crippen molar-refractivity contribution in [2.45, 2.75) is 19.4 Å². The molecule has 0 radical (unpaired) electrons. The maximum Gasteiger partial charge on any atom is 0.332 e. The van der Waals surface area contributed by atoms with Gasteiger partial charge in [-0.3, -0.25) is 4.90 Å². The number of morpholine rings is 1. The predicted molar refractivity (Wildman–Crippen MR) is 54.9 cm³/mol. The Labute approximate surface area is 90.0 Å². The van der Waals surface area contributed by atoms with E-state index >= 15 is 0 Å². The highest BCUT2D eigenvalue weighted by atomic mass is 16.5. The highest BCUT2D eigenvalue weighted by Crippen LogP contribution is 2.04. The molecule has 0 bridgehead atoms. The molecule has 1 saturated heterocycles. The van der Waals surface area contributed by atoms with Crippen LogP contribution in [-0.2, 0) is 14.3 Å². The Morgan fingerprint density at radius 1 is 1.53 bits per heavy atom. The fraction of sp³-hybridized carbons (Fsp3) is 0.900. The van der Waals surface area contributed by atoms with Crippen molar-refractivity contribution in [3.63, 3.8) is 0 Å². The SMILES string of the molecule is CCOC(CCN1CCOCC1)C(=O)O. The zero-order chi connectivity index (χ0) is 11.1. The van der Waals surface area contributed by atoms with Gasteiger partial charge in [-0.15, -0.1) is 0 Å². The Kier molecular flexibility index (Phi) is 5.60. The molecule has 1 aliphatic rings. The van der Waals surface area contributed by atoms with Crippen LogP contribution in [0.4, 0.5) is 0 Å². The van der Waals surface area contributed by atoms with Gasteiger partial charge in [0.05, 0.1) is 13.2 Å². The molecule has 15 heavy (non-hydrogen) atoms. The number of hydrogen-bond donors (Lipinski definition) is 1. The normalized spacial score (nSPS) is 20.1. The number of carboxylic acids is 1. The molecule has 5 nitrogen and oxygen atoms in total. The lowest BCUT2D eigenvalue weighted by Gasteiger charge is -2.27. The molecule has 1 N–H and O–H groups in total. The smallest absolute Gasteiger partial charge is 0.332 e. The summed E-state index contributed by atoms with van der Waals surface area (Å²) in [6.07, 6.45) is -0.124. The largest absolute Gasteiger partial charge is 0.479 e. The molecule has 0 aromatic heterocycles. The molecule has 1 fully saturated rings. The summed E-state index contributed by atoms with van der Waals surface area (Å²) in [5, 5.41) is 8.87. The van der Waals surface area contributed by atoms with E-state index in [0.717, 1.165) is 32.8 Å². The van der Waals surface area contributed by atoms with E-state index in [0.29, 0.717) is 13.0 Å². The minimum atomic E-state index is -0.870. The number of nitrogens with zero attached hydrogens (tertiary/aromatic N) is 1. The second-order valence-electron chi connectivity index (χ2n) is 3.52. The lowest BCUT2D eigenvalue weighted by Crippen LogP contribution is -2.39. The lowest BCUT2D eigenvalue weighted by molar-refractivity contribution is -0.150. The molecular weight excluding hydrogens is 198 g/mol. The Bertz CT molecular complexity index is 192. The summed E-state index contributed by atoms with van der Waals surface area (Å²) in [7, 11) is 0. The van der Waals surface area contributed by atoms with E-state index in [1.165, 1.54) is 0 Å². The number of ether oxygens (including phenoxy) is 2. The summed E-state index contributed by atoms with van der Waals surface area (Å²) in [5.41, 5.74) is 0. The third-order valence-electron chi connectivity index (χ3n) is 2.45. The van der Waals surface area contributed by atoms with Crippen LogP contribution >= 0.6 is 0 Å². The highest BCUT2D eigenvalue weighted by Gasteiger charge is 2.19. The van der Waals surface area contributed by atoms with Gasteiger partial charge < -0.3 is 14.6 Å². The first-order valence-electron chi connectivity index (χ1n) is 5.38. The van der Waals surface area contributed by atoms with E-state index in [-0.39, 0.29) is 0 Å². The van der Waals surface area contributed by atoms with E-state index in [2.05, 4.69) is 4.90 Å². The van der Waals surface area contributed by atoms with E-state index < -0.39 is 12.1 Å². The van der Waals surface area contributed by atoms with Crippen molar-refractivity contribution in [1.29, 1.82) is 0 Å². The first-order valence-corrected chi connectivity index (χ1v) is 5.38. The van der Waals surface area contributed by atoms with Gasteiger partial charge in [0, 0.05) is 26.2 Å². The molecule has 1 rings (SSSR count). The highest BCUT2D eigenvalue weighted by molar-refractivity contribution is 5.72. The molecule has 0 spiro atoms. The minimum absolute atomic E-state index is 0.445. The number of aliphatic carboxylic acids is 1. The number of rotatable bonds is 6. The first kappa shape index (κ1) is 12.4. The van der Waals surface area contributed by atoms with Gasteiger partial charge in [-0.1, -0.05) is 0 Å². The molecular formula is C10H19NO4. The van der Waals surface area contributed by atoms with Gasteiger partial charge in [0.15, 0.2) is 6.10 Å². The van der Waals surface area contributed by atoms with Gasteiger partial charge in [0.25, 0.3) is 0 Å². The van der Waals surface area contributed by atoms with Crippen molar-refractivity contribution in [3.8, 4) is 0 Å². The van der Waals surface area contributed by atoms with Gasteiger partial charge in [-0.05, 0) is 13.3 Å². The van der Waals surface area contributed by atoms with Crippen molar-refractivity contribution in [1.82, 2.24) is 4.90 Å². The summed E-state index contributed by atoms with van der Waals surface area (Å²) in [6.45, 7) is 6.28. The van der Waals surface area contributed by atoms with Crippen LogP contribution in [0.2, 0.25) is 0 Å². The monoisotopic (exact) mass is 217 g/mol. The number of hydrogen-bond acceptors (Lipinski definition) is 4. The molecule has 1 atom stereocenters. The zero-order valence-corrected chi connectivity index (χ0v) is 9.15. The summed E-state index contributed by atoms with van der Waals surface area (Å²) in [5.74, 6) is -0.870. The summed E-state index contributed by atoms with van der Waals surface area (Å²) >= 11 is 0. The van der Waals surface area contributed by atoms with Crippen LogP contribution in [0.3, 0.4) is 0 Å². The summed E-state index contributed by atoms with van der Waals surface area (Å²) in [4.78, 5) is 13.0. The standard InChI is InChI=1S/C10H19NO4/c1-2-15-9(10(12)13)3-4-11-5-7-14-8-6-11/h9H,2-8H2,1H3,(H,12,13). The fourth-order valence-corrected chi connectivity index (χ4v) is 1.60. The Morgan fingerprint density at radius 2 is 2.20 bits per heavy atom. The predicted octanol–water partition coefficient (Wildman–Crippen LogP) is 0.198. The van der Waals surface area contributed by atoms with Gasteiger partial charge in [0.2, 0.25) is 0 Å². The third kappa shape index (κ3) is 4.59.